The van der Waals surface area contributed by atoms with E-state index in [1.165, 1.54) is 21.9 Å². The van der Waals surface area contributed by atoms with Gasteiger partial charge in [-0.1, -0.05) is 170 Å². The van der Waals surface area contributed by atoms with Crippen molar-refractivity contribution in [3.05, 3.63) is 205 Å². The third kappa shape index (κ3) is 5.67. The number of amidine groups is 2. The molecule has 9 aromatic rings. The molecule has 0 saturated heterocycles. The summed E-state index contributed by atoms with van der Waals surface area (Å²) < 4.78 is 6.67. The highest BCUT2D eigenvalue weighted by molar-refractivity contribution is 6.17. The van der Waals surface area contributed by atoms with E-state index in [1.807, 2.05) is 24.3 Å². The summed E-state index contributed by atoms with van der Waals surface area (Å²) in [5.41, 5.74) is 11.6. The topological polar surface area (TPSA) is 49.9 Å². The smallest absolute Gasteiger partial charge is 0.159 e. The summed E-state index contributed by atoms with van der Waals surface area (Å²) in [5.74, 6) is 1.48. The van der Waals surface area contributed by atoms with Crippen LogP contribution in [0.1, 0.15) is 22.9 Å². The number of hydrogen-bond donors (Lipinski definition) is 1. The third-order valence-corrected chi connectivity index (χ3v) is 10.1. The Kier molecular flexibility index (Phi) is 7.51. The predicted molar refractivity (Wildman–Crippen MR) is 219 cm³/mol. The molecule has 1 atom stereocenters. The van der Waals surface area contributed by atoms with E-state index in [2.05, 4.69) is 169 Å². The van der Waals surface area contributed by atoms with Gasteiger partial charge in [0.25, 0.3) is 0 Å². The average molecular weight is 680 g/mol. The first-order valence-corrected chi connectivity index (χ1v) is 17.9. The predicted octanol–water partition coefficient (Wildman–Crippen LogP) is 12.2. The molecule has 0 radical (unpaired) electrons. The highest BCUT2D eigenvalue weighted by Crippen LogP contribution is 2.41. The van der Waals surface area contributed by atoms with Crippen LogP contribution in [0.3, 0.4) is 0 Å². The maximum Gasteiger partial charge on any atom is 0.159 e. The second-order valence-corrected chi connectivity index (χ2v) is 13.4. The Morgan fingerprint density at radius 1 is 0.453 bits per heavy atom. The summed E-state index contributed by atoms with van der Waals surface area (Å²) in [6.07, 6.45) is -0.305. The fourth-order valence-corrected chi connectivity index (χ4v) is 7.48. The van der Waals surface area contributed by atoms with Crippen molar-refractivity contribution >= 4 is 44.4 Å². The summed E-state index contributed by atoms with van der Waals surface area (Å²) in [4.78, 5) is 10.2. The summed E-state index contributed by atoms with van der Waals surface area (Å²) in [6, 6.07) is 65.8. The van der Waals surface area contributed by atoms with Crippen LogP contribution in [0.2, 0.25) is 0 Å². The van der Waals surface area contributed by atoms with E-state index in [9.17, 15) is 0 Å². The SMILES string of the molecule is c1ccc(C2=NC(c3ccc(-c4ccccc4)cc3)NC(c3cccc(-c4cccc5oc6c(-c7ccc8ccccc8c7)cccc6c45)c3)=N2)cc1. The number of nitrogens with zero attached hydrogens (tertiary/aromatic N) is 2. The van der Waals surface area contributed by atoms with E-state index in [-0.39, 0.29) is 6.17 Å². The molecule has 0 spiro atoms. The van der Waals surface area contributed by atoms with Gasteiger partial charge in [0.2, 0.25) is 0 Å². The Hall–Kier alpha value is -7.04. The monoisotopic (exact) mass is 679 g/mol. The Balaban J connectivity index is 1.05. The Labute approximate surface area is 307 Å². The zero-order valence-corrected chi connectivity index (χ0v) is 28.8. The van der Waals surface area contributed by atoms with Crippen LogP contribution in [0.4, 0.5) is 0 Å². The lowest BCUT2D eigenvalue weighted by atomic mass is 9.95. The van der Waals surface area contributed by atoms with Crippen molar-refractivity contribution in [1.82, 2.24) is 5.32 Å². The molecule has 8 aromatic carbocycles. The first-order chi connectivity index (χ1) is 26.2. The van der Waals surface area contributed by atoms with Crippen molar-refractivity contribution in [3.8, 4) is 33.4 Å². The number of aliphatic imine (C=N–C) groups is 2. The number of para-hydroxylation sites is 1. The second-order valence-electron chi connectivity index (χ2n) is 13.4. The van der Waals surface area contributed by atoms with E-state index in [0.717, 1.165) is 66.7 Å². The number of furan rings is 1. The van der Waals surface area contributed by atoms with E-state index in [0.29, 0.717) is 5.84 Å². The molecule has 1 aliphatic rings. The van der Waals surface area contributed by atoms with Crippen LogP contribution in [-0.2, 0) is 0 Å². The van der Waals surface area contributed by atoms with Crippen LogP contribution in [0.5, 0.6) is 0 Å². The molecule has 10 rings (SSSR count). The molecule has 0 bridgehead atoms. The zero-order chi connectivity index (χ0) is 35.1. The fraction of sp³-hybridized carbons (Fsp3) is 0.0204. The van der Waals surface area contributed by atoms with Crippen LogP contribution in [0, 0.1) is 0 Å². The van der Waals surface area contributed by atoms with E-state index in [1.54, 1.807) is 0 Å². The van der Waals surface area contributed by atoms with Gasteiger partial charge in [-0.2, -0.15) is 0 Å². The van der Waals surface area contributed by atoms with Crippen LogP contribution in [0.15, 0.2) is 202 Å². The summed E-state index contributed by atoms with van der Waals surface area (Å²) in [7, 11) is 0. The quantitative estimate of drug-likeness (QED) is 0.190. The molecule has 1 unspecified atom stereocenters. The second kappa shape index (κ2) is 12.9. The number of rotatable bonds is 6. The maximum absolute atomic E-state index is 6.67. The van der Waals surface area contributed by atoms with Crippen molar-refractivity contribution in [1.29, 1.82) is 0 Å². The van der Waals surface area contributed by atoms with Gasteiger partial charge in [-0.25, -0.2) is 9.98 Å². The molecule has 4 heteroatoms. The molecule has 0 amide bonds. The van der Waals surface area contributed by atoms with Gasteiger partial charge in [0.15, 0.2) is 5.84 Å². The van der Waals surface area contributed by atoms with Crippen LogP contribution < -0.4 is 5.32 Å². The Morgan fingerprint density at radius 3 is 1.91 bits per heavy atom. The molecular formula is C49H33N3O. The summed E-state index contributed by atoms with van der Waals surface area (Å²) in [5, 5.41) is 8.30. The first kappa shape index (κ1) is 30.8. The molecule has 1 aliphatic heterocycles. The lowest BCUT2D eigenvalue weighted by molar-refractivity contribution is 0.670. The van der Waals surface area contributed by atoms with Crippen molar-refractivity contribution in [2.45, 2.75) is 6.17 Å². The van der Waals surface area contributed by atoms with Crippen molar-refractivity contribution in [3.63, 3.8) is 0 Å². The molecule has 2 heterocycles. The minimum atomic E-state index is -0.305. The number of hydrogen-bond acceptors (Lipinski definition) is 4. The van der Waals surface area contributed by atoms with E-state index < -0.39 is 0 Å². The van der Waals surface area contributed by atoms with Crippen LogP contribution in [0.25, 0.3) is 66.1 Å². The Bertz CT molecular complexity index is 2850. The standard InChI is InChI=1S/C49H33N3O/c1-3-12-32(13-4-1)34-24-27-36(28-25-34)48-50-47(35-15-5-2-6-16-35)51-49(52-48)40-19-9-18-38(31-40)41-20-11-23-44-45(41)43-22-10-21-42(46(43)53-44)39-29-26-33-14-7-8-17-37(33)30-39/h1-31,48H,(H,50,51,52). The van der Waals surface area contributed by atoms with E-state index >= 15 is 0 Å². The molecule has 53 heavy (non-hydrogen) atoms. The van der Waals surface area contributed by atoms with Gasteiger partial charge in [-0.3, -0.25) is 0 Å². The Morgan fingerprint density at radius 2 is 1.08 bits per heavy atom. The number of nitrogens with one attached hydrogen (secondary N) is 1. The lowest BCUT2D eigenvalue weighted by Gasteiger charge is -2.24. The summed E-state index contributed by atoms with van der Waals surface area (Å²) in [6.45, 7) is 0. The molecule has 1 N–H and O–H groups in total. The van der Waals surface area contributed by atoms with Gasteiger partial charge in [0.1, 0.15) is 23.2 Å². The van der Waals surface area contributed by atoms with Crippen molar-refractivity contribution < 1.29 is 4.42 Å². The zero-order valence-electron chi connectivity index (χ0n) is 28.8. The van der Waals surface area contributed by atoms with Gasteiger partial charge in [-0.15, -0.1) is 0 Å². The average Bonchev–Trinajstić information content (AvgIpc) is 3.63. The number of fused-ring (bicyclic) bond motifs is 4. The highest BCUT2D eigenvalue weighted by Gasteiger charge is 2.22. The van der Waals surface area contributed by atoms with Gasteiger partial charge in [-0.05, 0) is 62.4 Å². The van der Waals surface area contributed by atoms with Crippen LogP contribution in [-0.4, -0.2) is 11.7 Å². The largest absolute Gasteiger partial charge is 0.455 e. The summed E-state index contributed by atoms with van der Waals surface area (Å²) >= 11 is 0. The third-order valence-electron chi connectivity index (χ3n) is 10.1. The molecule has 0 aliphatic carbocycles. The van der Waals surface area contributed by atoms with Gasteiger partial charge in [0.05, 0.1) is 0 Å². The fourth-order valence-electron chi connectivity index (χ4n) is 7.48. The number of benzene rings is 8. The van der Waals surface area contributed by atoms with Gasteiger partial charge >= 0.3 is 0 Å². The minimum absolute atomic E-state index is 0.305. The van der Waals surface area contributed by atoms with Crippen molar-refractivity contribution in [2.24, 2.45) is 9.98 Å². The molecule has 1 aromatic heterocycles. The molecule has 0 saturated carbocycles. The first-order valence-electron chi connectivity index (χ1n) is 17.9. The normalized spacial score (nSPS) is 14.2. The maximum atomic E-state index is 6.67. The molecular weight excluding hydrogens is 647 g/mol. The highest BCUT2D eigenvalue weighted by atomic mass is 16.3. The minimum Gasteiger partial charge on any atom is -0.455 e. The van der Waals surface area contributed by atoms with Crippen LogP contribution >= 0.6 is 0 Å². The molecule has 4 nitrogen and oxygen atoms in total. The van der Waals surface area contributed by atoms with Gasteiger partial charge < -0.3 is 9.73 Å². The molecule has 0 fully saturated rings. The lowest BCUT2D eigenvalue weighted by Crippen LogP contribution is -2.33. The molecule has 250 valence electrons. The van der Waals surface area contributed by atoms with Crippen molar-refractivity contribution in [2.75, 3.05) is 0 Å². The van der Waals surface area contributed by atoms with E-state index in [4.69, 9.17) is 14.4 Å². The van der Waals surface area contributed by atoms with Gasteiger partial charge in [0, 0.05) is 27.5 Å².